The number of benzene rings is 1. The standard InChI is InChI=1S/C18H17N3O3S/c1-12-8-9-14(20(12)2)10-15-17(23)21(18(24)25-15)11-16(22)19-13-6-4-3-5-7-13/h3-10H,11H2,1-2H3,(H,19,22)/b15-10-. The molecular formula is C18H17N3O3S. The number of thioether (sulfide) groups is 1. The molecule has 6 nitrogen and oxygen atoms in total. The number of nitrogens with one attached hydrogen (secondary N) is 1. The van der Waals surface area contributed by atoms with Crippen molar-refractivity contribution >= 4 is 40.6 Å². The molecule has 1 aliphatic rings. The highest BCUT2D eigenvalue weighted by molar-refractivity contribution is 8.18. The third kappa shape index (κ3) is 3.66. The molecule has 1 aliphatic heterocycles. The molecule has 1 aromatic carbocycles. The van der Waals surface area contributed by atoms with E-state index < -0.39 is 17.1 Å². The molecule has 128 valence electrons. The number of para-hydroxylation sites is 1. The molecule has 1 aromatic heterocycles. The topological polar surface area (TPSA) is 71.4 Å². The molecule has 0 aliphatic carbocycles. The Morgan fingerprint density at radius 2 is 1.88 bits per heavy atom. The molecule has 2 heterocycles. The number of hydrogen-bond acceptors (Lipinski definition) is 4. The Morgan fingerprint density at radius 3 is 2.52 bits per heavy atom. The summed E-state index contributed by atoms with van der Waals surface area (Å²) in [6.07, 6.45) is 1.67. The average molecular weight is 355 g/mol. The van der Waals surface area contributed by atoms with Crippen molar-refractivity contribution < 1.29 is 14.4 Å². The number of carbonyl (C=O) groups excluding carboxylic acids is 3. The lowest BCUT2D eigenvalue weighted by Crippen LogP contribution is -2.36. The van der Waals surface area contributed by atoms with Crippen molar-refractivity contribution in [2.45, 2.75) is 6.92 Å². The normalized spacial score (nSPS) is 15.9. The van der Waals surface area contributed by atoms with E-state index >= 15 is 0 Å². The van der Waals surface area contributed by atoms with Gasteiger partial charge in [-0.05, 0) is 49.0 Å². The lowest BCUT2D eigenvalue weighted by molar-refractivity contribution is -0.127. The fraction of sp³-hybridized carbons (Fsp3) is 0.167. The molecule has 2 aromatic rings. The lowest BCUT2D eigenvalue weighted by Gasteiger charge is -2.12. The van der Waals surface area contributed by atoms with Crippen LogP contribution in [0.25, 0.3) is 6.08 Å². The minimum absolute atomic E-state index is 0.303. The van der Waals surface area contributed by atoms with Crippen molar-refractivity contribution in [2.24, 2.45) is 7.05 Å². The van der Waals surface area contributed by atoms with Crippen LogP contribution in [-0.2, 0) is 16.6 Å². The number of nitrogens with zero attached hydrogens (tertiary/aromatic N) is 2. The van der Waals surface area contributed by atoms with Gasteiger partial charge in [0.25, 0.3) is 11.1 Å². The molecule has 1 N–H and O–H groups in total. The highest BCUT2D eigenvalue weighted by Gasteiger charge is 2.36. The van der Waals surface area contributed by atoms with Crippen molar-refractivity contribution in [1.29, 1.82) is 0 Å². The largest absolute Gasteiger partial charge is 0.348 e. The molecule has 7 heteroatoms. The van der Waals surface area contributed by atoms with Gasteiger partial charge in [-0.15, -0.1) is 0 Å². The monoisotopic (exact) mass is 355 g/mol. The van der Waals surface area contributed by atoms with Gasteiger partial charge >= 0.3 is 0 Å². The van der Waals surface area contributed by atoms with E-state index in [1.807, 2.05) is 36.7 Å². The Bertz CT molecular complexity index is 871. The first kappa shape index (κ1) is 17.0. The SMILES string of the molecule is Cc1ccc(/C=C2\SC(=O)N(CC(=O)Nc3ccccc3)C2=O)n1C. The van der Waals surface area contributed by atoms with Crippen LogP contribution in [0.1, 0.15) is 11.4 Å². The Morgan fingerprint density at radius 1 is 1.16 bits per heavy atom. The van der Waals surface area contributed by atoms with Gasteiger partial charge in [0.2, 0.25) is 5.91 Å². The molecule has 1 fully saturated rings. The van der Waals surface area contributed by atoms with Crippen LogP contribution in [0, 0.1) is 6.92 Å². The molecule has 3 amide bonds. The van der Waals surface area contributed by atoms with Crippen LogP contribution >= 0.6 is 11.8 Å². The zero-order valence-corrected chi connectivity index (χ0v) is 14.7. The average Bonchev–Trinajstić information content (AvgIpc) is 3.04. The second-order valence-electron chi connectivity index (χ2n) is 5.64. The van der Waals surface area contributed by atoms with Crippen molar-refractivity contribution in [3.8, 4) is 0 Å². The summed E-state index contributed by atoms with van der Waals surface area (Å²) in [5, 5.41) is 2.23. The number of imide groups is 1. The highest BCUT2D eigenvalue weighted by atomic mass is 32.2. The smallest absolute Gasteiger partial charge is 0.294 e. The van der Waals surface area contributed by atoms with E-state index in [0.29, 0.717) is 10.6 Å². The van der Waals surface area contributed by atoms with Gasteiger partial charge in [-0.25, -0.2) is 0 Å². The Labute approximate surface area is 149 Å². The van der Waals surface area contributed by atoms with Crippen LogP contribution in [0.5, 0.6) is 0 Å². The summed E-state index contributed by atoms with van der Waals surface area (Å²) in [5.74, 6) is -0.860. The van der Waals surface area contributed by atoms with E-state index in [-0.39, 0.29) is 6.54 Å². The molecule has 0 radical (unpaired) electrons. The number of aromatic nitrogens is 1. The Kier molecular flexibility index (Phi) is 4.76. The first-order valence-electron chi connectivity index (χ1n) is 7.68. The molecule has 3 rings (SSSR count). The number of anilines is 1. The minimum Gasteiger partial charge on any atom is -0.348 e. The number of amides is 3. The molecule has 25 heavy (non-hydrogen) atoms. The second-order valence-corrected chi connectivity index (χ2v) is 6.63. The third-order valence-electron chi connectivity index (χ3n) is 3.92. The molecule has 0 unspecified atom stereocenters. The summed E-state index contributed by atoms with van der Waals surface area (Å²) >= 11 is 0.848. The van der Waals surface area contributed by atoms with Gasteiger partial charge in [0.05, 0.1) is 4.91 Å². The Hall–Kier alpha value is -2.80. The summed E-state index contributed by atoms with van der Waals surface area (Å²) in [7, 11) is 1.89. The number of carbonyl (C=O) groups is 3. The predicted octanol–water partition coefficient (Wildman–Crippen LogP) is 3.01. The van der Waals surface area contributed by atoms with Gasteiger partial charge in [-0.3, -0.25) is 19.3 Å². The molecule has 0 spiro atoms. The zero-order valence-electron chi connectivity index (χ0n) is 13.9. The quantitative estimate of drug-likeness (QED) is 0.856. The van der Waals surface area contributed by atoms with Gasteiger partial charge in [0, 0.05) is 24.1 Å². The van der Waals surface area contributed by atoms with Crippen molar-refractivity contribution in [3.05, 3.63) is 58.8 Å². The maximum absolute atomic E-state index is 12.5. The fourth-order valence-electron chi connectivity index (χ4n) is 2.41. The fourth-order valence-corrected chi connectivity index (χ4v) is 3.24. The molecule has 0 saturated carbocycles. The van der Waals surface area contributed by atoms with E-state index in [4.69, 9.17) is 0 Å². The molecule has 0 bridgehead atoms. The van der Waals surface area contributed by atoms with Gasteiger partial charge in [-0.2, -0.15) is 0 Å². The second kappa shape index (κ2) is 6.98. The van der Waals surface area contributed by atoms with E-state index in [0.717, 1.165) is 28.0 Å². The van der Waals surface area contributed by atoms with Gasteiger partial charge < -0.3 is 9.88 Å². The maximum atomic E-state index is 12.5. The number of hydrogen-bond donors (Lipinski definition) is 1. The lowest BCUT2D eigenvalue weighted by atomic mass is 10.3. The van der Waals surface area contributed by atoms with Crippen LogP contribution in [0.3, 0.4) is 0 Å². The summed E-state index contributed by atoms with van der Waals surface area (Å²) in [4.78, 5) is 37.9. The van der Waals surface area contributed by atoms with Crippen molar-refractivity contribution in [3.63, 3.8) is 0 Å². The summed E-state index contributed by atoms with van der Waals surface area (Å²) in [5.41, 5.74) is 2.50. The summed E-state index contributed by atoms with van der Waals surface area (Å²) in [6, 6.07) is 12.7. The van der Waals surface area contributed by atoms with Crippen LogP contribution < -0.4 is 5.32 Å². The molecule has 1 saturated heterocycles. The van der Waals surface area contributed by atoms with Crippen molar-refractivity contribution in [1.82, 2.24) is 9.47 Å². The Balaban J connectivity index is 1.71. The molecular weight excluding hydrogens is 338 g/mol. The van der Waals surface area contributed by atoms with E-state index in [9.17, 15) is 14.4 Å². The maximum Gasteiger partial charge on any atom is 0.294 e. The van der Waals surface area contributed by atoms with Crippen LogP contribution in [0.15, 0.2) is 47.4 Å². The van der Waals surface area contributed by atoms with Gasteiger partial charge in [0.1, 0.15) is 6.54 Å². The zero-order chi connectivity index (χ0) is 18.0. The van der Waals surface area contributed by atoms with E-state index in [1.54, 1.807) is 30.3 Å². The van der Waals surface area contributed by atoms with Gasteiger partial charge in [-0.1, -0.05) is 18.2 Å². The molecule has 0 atom stereocenters. The summed E-state index contributed by atoms with van der Waals surface area (Å²) < 4.78 is 1.93. The summed E-state index contributed by atoms with van der Waals surface area (Å²) in [6.45, 7) is 1.65. The number of rotatable bonds is 4. The highest BCUT2D eigenvalue weighted by Crippen LogP contribution is 2.32. The van der Waals surface area contributed by atoms with E-state index in [2.05, 4.69) is 5.32 Å². The first-order chi connectivity index (χ1) is 12.0. The third-order valence-corrected chi connectivity index (χ3v) is 4.83. The number of aryl methyl sites for hydroxylation is 1. The van der Waals surface area contributed by atoms with Crippen LogP contribution in [-0.4, -0.2) is 33.1 Å². The predicted molar refractivity (Wildman–Crippen MR) is 97.9 cm³/mol. The van der Waals surface area contributed by atoms with E-state index in [1.165, 1.54) is 0 Å². The van der Waals surface area contributed by atoms with Crippen LogP contribution in [0.4, 0.5) is 10.5 Å². The van der Waals surface area contributed by atoms with Crippen molar-refractivity contribution in [2.75, 3.05) is 11.9 Å². The van der Waals surface area contributed by atoms with Gasteiger partial charge in [0.15, 0.2) is 0 Å². The first-order valence-corrected chi connectivity index (χ1v) is 8.50. The minimum atomic E-state index is -0.447. The van der Waals surface area contributed by atoms with Crippen LogP contribution in [0.2, 0.25) is 0 Å².